The topological polar surface area (TPSA) is 58.7 Å². The first-order valence-electron chi connectivity index (χ1n) is 7.15. The summed E-state index contributed by atoms with van der Waals surface area (Å²) >= 11 is -2.21. The van der Waals surface area contributed by atoms with Gasteiger partial charge in [-0.25, -0.2) is 4.68 Å². The van der Waals surface area contributed by atoms with Crippen molar-refractivity contribution in [1.82, 2.24) is 14.8 Å². The van der Waals surface area contributed by atoms with Crippen LogP contribution < -0.4 is 4.90 Å². The number of hydrogen-bond donors (Lipinski definition) is 0. The van der Waals surface area contributed by atoms with Crippen molar-refractivity contribution < 1.29 is 14.4 Å². The van der Waals surface area contributed by atoms with Crippen molar-refractivity contribution in [2.45, 2.75) is 13.8 Å². The van der Waals surface area contributed by atoms with Crippen LogP contribution in [0, 0.1) is 0 Å². The summed E-state index contributed by atoms with van der Waals surface area (Å²) in [4.78, 5) is 6.27. The number of rotatable bonds is 5. The zero-order valence-electron chi connectivity index (χ0n) is 14.3. The second-order valence-electron chi connectivity index (χ2n) is 4.38. The fourth-order valence-corrected chi connectivity index (χ4v) is 1.80. The van der Waals surface area contributed by atoms with E-state index in [2.05, 4.69) is 51.2 Å². The molecule has 0 aliphatic carbocycles. The molecule has 0 saturated heterocycles. The summed E-state index contributed by atoms with van der Waals surface area (Å²) in [6, 6.07) is 8.01. The molecular formula is C13H19Cl3N6Zn. The minimum absolute atomic E-state index is 0. The Morgan fingerprint density at radius 3 is 2.13 bits per heavy atom. The number of hydrogen-bond acceptors (Lipinski definition) is 5. The van der Waals surface area contributed by atoms with E-state index in [1.165, 1.54) is 12.0 Å². The molecule has 0 fully saturated rings. The first-order valence-corrected chi connectivity index (χ1v) is 18.8. The van der Waals surface area contributed by atoms with E-state index in [4.69, 9.17) is 29.1 Å². The molecule has 2 aromatic rings. The molecule has 0 spiro atoms. The number of aromatic nitrogens is 3. The number of halogens is 3. The molecule has 0 atom stereocenters. The molecule has 1 heterocycles. The van der Waals surface area contributed by atoms with Crippen molar-refractivity contribution in [2.24, 2.45) is 17.3 Å². The van der Waals surface area contributed by atoms with Gasteiger partial charge in [-0.3, -0.25) is 0 Å². The smallest absolute Gasteiger partial charge is 1.00 e. The number of benzene rings is 1. The Morgan fingerprint density at radius 1 is 1.13 bits per heavy atom. The van der Waals surface area contributed by atoms with E-state index in [9.17, 15) is 0 Å². The predicted molar refractivity (Wildman–Crippen MR) is 93.9 cm³/mol. The average molecular weight is 431 g/mol. The third kappa shape index (κ3) is 7.57. The van der Waals surface area contributed by atoms with Crippen LogP contribution in [0.25, 0.3) is 0 Å². The predicted octanol–water partition coefficient (Wildman–Crippen LogP) is 5.26. The molecule has 23 heavy (non-hydrogen) atoms. The van der Waals surface area contributed by atoms with Crippen LogP contribution in [-0.4, -0.2) is 27.9 Å². The van der Waals surface area contributed by atoms with Crippen molar-refractivity contribution in [3.05, 3.63) is 30.6 Å². The first kappa shape index (κ1) is 20.3. The van der Waals surface area contributed by atoms with Crippen molar-refractivity contribution >= 4 is 46.4 Å². The van der Waals surface area contributed by atoms with Crippen LogP contribution in [0.2, 0.25) is 0 Å². The van der Waals surface area contributed by atoms with Crippen LogP contribution in [0.5, 0.6) is 0 Å². The van der Waals surface area contributed by atoms with Gasteiger partial charge in [-0.15, -0.1) is 10.2 Å². The summed E-state index contributed by atoms with van der Waals surface area (Å²) in [6.07, 6.45) is 1.46. The normalized spacial score (nSPS) is 10.3. The molecule has 2 rings (SSSR count). The molecule has 124 valence electrons. The molecule has 6 nitrogen and oxygen atoms in total. The average Bonchev–Trinajstić information content (AvgIpc) is 2.92. The van der Waals surface area contributed by atoms with Crippen LogP contribution in [0.15, 0.2) is 40.8 Å². The molecule has 0 saturated carbocycles. The zero-order chi connectivity index (χ0) is 17.2. The van der Waals surface area contributed by atoms with Gasteiger partial charge in [-0.1, -0.05) is 0 Å². The maximum absolute atomic E-state index is 5.01. The van der Waals surface area contributed by atoms with Gasteiger partial charge in [-0.2, -0.15) is 10.1 Å². The second kappa shape index (κ2) is 10.9. The summed E-state index contributed by atoms with van der Waals surface area (Å²) in [6.45, 7) is 6.28. The van der Waals surface area contributed by atoms with Gasteiger partial charge >= 0.3 is 43.5 Å². The largest absolute Gasteiger partial charge is 1.00 e. The number of nitrogens with zero attached hydrogens (tertiary/aromatic N) is 6. The number of aryl methyl sites for hydroxylation is 1. The van der Waals surface area contributed by atoms with Crippen LogP contribution in [0.1, 0.15) is 15.3 Å². The Kier molecular flexibility index (Phi) is 9.64. The van der Waals surface area contributed by atoms with Crippen LogP contribution in [0.4, 0.5) is 17.3 Å². The van der Waals surface area contributed by atoms with E-state index in [0.29, 0.717) is 5.95 Å². The SMILES string of the molecule is CCN(CC)c1ccc(N=Nc2ncnn2C)cc1.[Cl][Zn-]([Cl])[Cl].[H+]. The standard InChI is InChI=1S/C13H18N6.3ClH.Zn/c1-4-19(5-2)12-8-6-11(7-9-12)16-17-13-14-10-15-18(13)3;;;;/h6-10H,4-5H2,1-3H3;3*1H;/q;;;;+2/p-2. The van der Waals surface area contributed by atoms with Crippen LogP contribution in [-0.2, 0) is 20.0 Å². The van der Waals surface area contributed by atoms with E-state index in [0.717, 1.165) is 18.8 Å². The van der Waals surface area contributed by atoms with Crippen molar-refractivity contribution in [2.75, 3.05) is 18.0 Å². The Labute approximate surface area is 155 Å². The van der Waals surface area contributed by atoms with Gasteiger partial charge < -0.3 is 4.90 Å². The van der Waals surface area contributed by atoms with Crippen LogP contribution in [0.3, 0.4) is 0 Å². The molecule has 0 N–H and O–H groups in total. The maximum Gasteiger partial charge on any atom is 1.00 e. The first-order chi connectivity index (χ1) is 11.0. The minimum atomic E-state index is -2.21. The minimum Gasteiger partial charge on any atom is 1.00 e. The third-order valence-corrected chi connectivity index (χ3v) is 2.92. The Hall–Kier alpha value is -0.747. The number of azo groups is 1. The molecule has 0 radical (unpaired) electrons. The summed E-state index contributed by atoms with van der Waals surface area (Å²) in [5.74, 6) is 0.493. The van der Waals surface area contributed by atoms with Gasteiger partial charge in [0.15, 0.2) is 0 Å². The van der Waals surface area contributed by atoms with Crippen molar-refractivity contribution in [3.63, 3.8) is 0 Å². The molecule has 0 unspecified atom stereocenters. The second-order valence-corrected chi connectivity index (χ2v) is 18.2. The van der Waals surface area contributed by atoms with Crippen LogP contribution >= 0.6 is 29.1 Å². The summed E-state index contributed by atoms with van der Waals surface area (Å²) in [7, 11) is 16.8. The fourth-order valence-electron chi connectivity index (χ4n) is 1.80. The van der Waals surface area contributed by atoms with Gasteiger partial charge in [0.2, 0.25) is 0 Å². The Morgan fingerprint density at radius 2 is 1.70 bits per heavy atom. The monoisotopic (exact) mass is 428 g/mol. The summed E-state index contributed by atoms with van der Waals surface area (Å²) in [5, 5.41) is 12.1. The molecule has 1 aromatic heterocycles. The van der Waals surface area contributed by atoms with Gasteiger partial charge in [0.05, 0.1) is 5.69 Å². The quantitative estimate of drug-likeness (QED) is 0.480. The van der Waals surface area contributed by atoms with Gasteiger partial charge in [0, 0.05) is 25.8 Å². The van der Waals surface area contributed by atoms with Gasteiger partial charge in [0.1, 0.15) is 6.33 Å². The van der Waals surface area contributed by atoms with E-state index in [-0.39, 0.29) is 1.43 Å². The molecule has 0 aliphatic heterocycles. The molecule has 0 amide bonds. The Balaban J connectivity index is 0.000000954. The van der Waals surface area contributed by atoms with Crippen molar-refractivity contribution in [1.29, 1.82) is 0 Å². The van der Waals surface area contributed by atoms with Crippen molar-refractivity contribution in [3.8, 4) is 0 Å². The number of anilines is 1. The van der Waals surface area contributed by atoms with E-state index in [1.54, 1.807) is 11.7 Å². The van der Waals surface area contributed by atoms with E-state index >= 15 is 0 Å². The molecule has 0 aliphatic rings. The van der Waals surface area contributed by atoms with Gasteiger partial charge in [-0.05, 0) is 38.1 Å². The molecule has 1 aromatic carbocycles. The summed E-state index contributed by atoms with van der Waals surface area (Å²) in [5.41, 5.74) is 2.00. The molecular weight excluding hydrogens is 412 g/mol. The fraction of sp³-hybridized carbons (Fsp3) is 0.385. The summed E-state index contributed by atoms with van der Waals surface area (Å²) < 4.78 is 1.58. The third-order valence-electron chi connectivity index (χ3n) is 2.92. The van der Waals surface area contributed by atoms with Gasteiger partial charge in [0.25, 0.3) is 5.95 Å². The molecule has 0 bridgehead atoms. The Bertz CT molecular complexity index is 601. The van der Waals surface area contributed by atoms with E-state index in [1.807, 2.05) is 12.1 Å². The van der Waals surface area contributed by atoms with E-state index < -0.39 is 13.0 Å². The maximum atomic E-state index is 5.01. The zero-order valence-corrected chi connectivity index (χ0v) is 18.6. The molecule has 10 heteroatoms.